The third-order valence-corrected chi connectivity index (χ3v) is 2.08. The van der Waals surface area contributed by atoms with Crippen molar-refractivity contribution < 1.29 is 14.7 Å². The van der Waals surface area contributed by atoms with Crippen molar-refractivity contribution in [2.24, 2.45) is 0 Å². The van der Waals surface area contributed by atoms with Gasteiger partial charge in [-0.3, -0.25) is 9.59 Å². The highest BCUT2D eigenvalue weighted by atomic mass is 127. The van der Waals surface area contributed by atoms with E-state index in [9.17, 15) is 9.59 Å². The molecule has 1 atom stereocenters. The molecule has 0 fully saturated rings. The van der Waals surface area contributed by atoms with Gasteiger partial charge in [-0.1, -0.05) is 29.5 Å². The van der Waals surface area contributed by atoms with Crippen molar-refractivity contribution in [1.29, 1.82) is 0 Å². The van der Waals surface area contributed by atoms with Crippen LogP contribution in [0, 0.1) is 0 Å². The van der Waals surface area contributed by atoms with Crippen molar-refractivity contribution in [1.82, 2.24) is 0 Å². The van der Waals surface area contributed by atoms with Crippen molar-refractivity contribution >= 4 is 34.3 Å². The number of carbonyl (C=O) groups is 2. The van der Waals surface area contributed by atoms with E-state index in [1.807, 2.05) is 0 Å². The average molecular weight is 242 g/mol. The molecule has 0 aromatic heterocycles. The van der Waals surface area contributed by atoms with Crippen molar-refractivity contribution in [2.75, 3.05) is 0 Å². The van der Waals surface area contributed by atoms with E-state index in [2.05, 4.69) is 0 Å². The first-order valence-corrected chi connectivity index (χ1v) is 3.73. The van der Waals surface area contributed by atoms with Crippen LogP contribution in [0.5, 0.6) is 0 Å². The van der Waals surface area contributed by atoms with Crippen LogP contribution in [0.2, 0.25) is 0 Å². The third kappa shape index (κ3) is 2.78. The Bertz CT molecular complexity index is 132. The Balaban J connectivity index is 3.88. The molecule has 1 unspecified atom stereocenters. The molecule has 0 aliphatic heterocycles. The Kier molecular flexibility index (Phi) is 3.76. The van der Waals surface area contributed by atoms with Gasteiger partial charge in [0.05, 0.1) is 0 Å². The summed E-state index contributed by atoms with van der Waals surface area (Å²) in [5, 5.41) is 8.26. The van der Waals surface area contributed by atoms with Gasteiger partial charge in [-0.15, -0.1) is 0 Å². The molecule has 4 heteroatoms. The van der Waals surface area contributed by atoms with E-state index in [1.54, 1.807) is 29.5 Å². The molecule has 0 rings (SSSR count). The fourth-order valence-corrected chi connectivity index (χ4v) is 0.757. The first-order chi connectivity index (χ1) is 4.09. The van der Waals surface area contributed by atoms with Crippen LogP contribution in [0.15, 0.2) is 0 Å². The Labute approximate surface area is 66.6 Å². The van der Waals surface area contributed by atoms with Crippen LogP contribution >= 0.6 is 22.6 Å². The highest BCUT2D eigenvalue weighted by Crippen LogP contribution is 2.03. The predicted molar refractivity (Wildman–Crippen MR) is 40.7 cm³/mol. The molecule has 9 heavy (non-hydrogen) atoms. The van der Waals surface area contributed by atoms with Gasteiger partial charge in [0.1, 0.15) is 0 Å². The SMILES string of the molecule is CCC(=O)C(I)C(=O)O. The molecule has 0 aliphatic rings. The Morgan fingerprint density at radius 2 is 2.11 bits per heavy atom. The zero-order valence-electron chi connectivity index (χ0n) is 4.93. The van der Waals surface area contributed by atoms with Crippen LogP contribution in [0.3, 0.4) is 0 Å². The second-order valence-electron chi connectivity index (χ2n) is 1.52. The Morgan fingerprint density at radius 3 is 2.22 bits per heavy atom. The highest BCUT2D eigenvalue weighted by molar-refractivity contribution is 14.1. The normalized spacial score (nSPS) is 12.7. The molecule has 0 saturated heterocycles. The molecule has 0 saturated carbocycles. The number of carbonyl (C=O) groups excluding carboxylic acids is 1. The van der Waals surface area contributed by atoms with Crippen molar-refractivity contribution in [3.63, 3.8) is 0 Å². The first kappa shape index (κ1) is 8.87. The number of hydrogen-bond acceptors (Lipinski definition) is 2. The summed E-state index contributed by atoms with van der Waals surface area (Å²) in [6.45, 7) is 1.65. The van der Waals surface area contributed by atoms with Crippen LogP contribution in [-0.4, -0.2) is 20.8 Å². The first-order valence-electron chi connectivity index (χ1n) is 2.49. The second-order valence-corrected chi connectivity index (χ2v) is 2.77. The zero-order chi connectivity index (χ0) is 7.44. The Morgan fingerprint density at radius 1 is 1.67 bits per heavy atom. The van der Waals surface area contributed by atoms with Crippen LogP contribution < -0.4 is 0 Å². The maximum absolute atomic E-state index is 10.6. The number of alkyl halides is 1. The summed E-state index contributed by atoms with van der Waals surface area (Å²) in [4.78, 5) is 20.6. The molecule has 0 aromatic carbocycles. The summed E-state index contributed by atoms with van der Waals surface area (Å²) in [5.41, 5.74) is 0. The molecule has 0 amide bonds. The Hall–Kier alpha value is -0.130. The summed E-state index contributed by atoms with van der Waals surface area (Å²) < 4.78 is -0.868. The molecule has 0 aromatic rings. The molecule has 3 nitrogen and oxygen atoms in total. The molecule has 0 heterocycles. The van der Waals surface area contributed by atoms with Crippen molar-refractivity contribution in [3.05, 3.63) is 0 Å². The number of rotatable bonds is 3. The summed E-state index contributed by atoms with van der Waals surface area (Å²) >= 11 is 1.61. The minimum absolute atomic E-state index is 0.233. The molecule has 0 spiro atoms. The van der Waals surface area contributed by atoms with E-state index in [-0.39, 0.29) is 5.78 Å². The molecular formula is C5H7IO3. The number of carboxylic acid groups (broad SMARTS) is 1. The number of hydrogen-bond donors (Lipinski definition) is 1. The molecule has 1 N–H and O–H groups in total. The summed E-state index contributed by atoms with van der Waals surface area (Å²) in [7, 11) is 0. The lowest BCUT2D eigenvalue weighted by atomic mass is 10.2. The standard InChI is InChI=1S/C5H7IO3/c1-2-3(7)4(6)5(8)9/h4H,2H2,1H3,(H,8,9). The topological polar surface area (TPSA) is 54.4 Å². The van der Waals surface area contributed by atoms with Crippen LogP contribution in [0.4, 0.5) is 0 Å². The van der Waals surface area contributed by atoms with Gasteiger partial charge in [0.15, 0.2) is 9.71 Å². The van der Waals surface area contributed by atoms with Gasteiger partial charge in [-0.05, 0) is 0 Å². The average Bonchev–Trinajstić information content (AvgIpc) is 1.84. The molecular weight excluding hydrogens is 235 g/mol. The van der Waals surface area contributed by atoms with Crippen LogP contribution in [0.25, 0.3) is 0 Å². The van der Waals surface area contributed by atoms with E-state index in [4.69, 9.17) is 5.11 Å². The van der Waals surface area contributed by atoms with Gasteiger partial charge in [-0.25, -0.2) is 0 Å². The van der Waals surface area contributed by atoms with E-state index in [0.717, 1.165) is 0 Å². The monoisotopic (exact) mass is 242 g/mol. The van der Waals surface area contributed by atoms with E-state index in [0.29, 0.717) is 6.42 Å². The van der Waals surface area contributed by atoms with E-state index in [1.165, 1.54) is 0 Å². The van der Waals surface area contributed by atoms with Gasteiger partial charge in [0, 0.05) is 6.42 Å². The van der Waals surface area contributed by atoms with Crippen LogP contribution in [-0.2, 0) is 9.59 Å². The smallest absolute Gasteiger partial charge is 0.324 e. The van der Waals surface area contributed by atoms with E-state index < -0.39 is 9.89 Å². The molecule has 0 aliphatic carbocycles. The lowest BCUT2D eigenvalue weighted by molar-refractivity contribution is -0.138. The van der Waals surface area contributed by atoms with Crippen molar-refractivity contribution in [3.8, 4) is 0 Å². The molecule has 0 radical (unpaired) electrons. The number of ketones is 1. The fourth-order valence-electron chi connectivity index (χ4n) is 0.317. The van der Waals surface area contributed by atoms with Gasteiger partial charge in [0.2, 0.25) is 0 Å². The quantitative estimate of drug-likeness (QED) is 0.453. The second kappa shape index (κ2) is 3.81. The summed E-state index contributed by atoms with van der Waals surface area (Å²) in [6, 6.07) is 0. The zero-order valence-corrected chi connectivity index (χ0v) is 7.08. The fraction of sp³-hybridized carbons (Fsp3) is 0.600. The minimum atomic E-state index is -1.05. The number of carboxylic acids is 1. The number of halogens is 1. The summed E-state index contributed by atoms with van der Waals surface area (Å²) in [5.74, 6) is -1.29. The minimum Gasteiger partial charge on any atom is -0.480 e. The summed E-state index contributed by atoms with van der Waals surface area (Å²) in [6.07, 6.45) is 0.292. The maximum atomic E-state index is 10.6. The number of Topliss-reactive ketones (excluding diaryl/α,β-unsaturated/α-hetero) is 1. The lowest BCUT2D eigenvalue weighted by Gasteiger charge is -1.97. The predicted octanol–water partition coefficient (Wildman–Crippen LogP) is 0.854. The van der Waals surface area contributed by atoms with E-state index >= 15 is 0 Å². The number of aliphatic carboxylic acids is 1. The highest BCUT2D eigenvalue weighted by Gasteiger charge is 2.19. The van der Waals surface area contributed by atoms with Crippen molar-refractivity contribution in [2.45, 2.75) is 17.3 Å². The van der Waals surface area contributed by atoms with Gasteiger partial charge in [0.25, 0.3) is 0 Å². The largest absolute Gasteiger partial charge is 0.480 e. The molecule has 0 bridgehead atoms. The van der Waals surface area contributed by atoms with Crippen LogP contribution in [0.1, 0.15) is 13.3 Å². The molecule has 52 valence electrons. The third-order valence-electron chi connectivity index (χ3n) is 0.848. The maximum Gasteiger partial charge on any atom is 0.324 e. The van der Waals surface area contributed by atoms with Gasteiger partial charge < -0.3 is 5.11 Å². The van der Waals surface area contributed by atoms with Gasteiger partial charge in [-0.2, -0.15) is 0 Å². The lowest BCUT2D eigenvalue weighted by Crippen LogP contribution is -2.22. The van der Waals surface area contributed by atoms with Gasteiger partial charge >= 0.3 is 5.97 Å².